The van der Waals surface area contributed by atoms with Gasteiger partial charge in [-0.25, -0.2) is 18.1 Å². The number of imidazole rings is 1. The Labute approximate surface area is 169 Å². The Hall–Kier alpha value is -2.91. The number of rotatable bonds is 9. The van der Waals surface area contributed by atoms with E-state index in [9.17, 15) is 13.2 Å². The summed E-state index contributed by atoms with van der Waals surface area (Å²) < 4.78 is 40.6. The molecule has 9 heteroatoms. The quantitative estimate of drug-likeness (QED) is 0.537. The molecule has 154 valence electrons. The Morgan fingerprint density at radius 1 is 1.21 bits per heavy atom. The first-order chi connectivity index (χ1) is 13.9. The number of nitrogens with zero attached hydrogens (tertiary/aromatic N) is 2. The van der Waals surface area contributed by atoms with Gasteiger partial charge in [-0.1, -0.05) is 12.1 Å². The first-order valence-corrected chi connectivity index (χ1v) is 10.5. The van der Waals surface area contributed by atoms with E-state index >= 15 is 0 Å². The summed E-state index contributed by atoms with van der Waals surface area (Å²) in [5, 5.41) is 0. The van der Waals surface area contributed by atoms with Crippen LogP contribution in [-0.4, -0.2) is 44.0 Å². The molecular formula is C20H23N3O5S. The standard InChI is InChI=1S/C20H23N3O5S/c1-14(23-13-21-17-6-4-5-7-18(17)23)15(2)28-19-12-16(27-3)8-9-20(19)29(25,26)22-10-11-24/h4-9,11-15,22H,10H2,1-3H3/t14-,15+/m0/s1. The number of nitrogens with one attached hydrogen (secondary N) is 1. The number of para-hydroxylation sites is 2. The van der Waals surface area contributed by atoms with Crippen LogP contribution in [-0.2, 0) is 14.8 Å². The van der Waals surface area contributed by atoms with E-state index in [1.54, 1.807) is 6.33 Å². The first-order valence-electron chi connectivity index (χ1n) is 9.07. The van der Waals surface area contributed by atoms with Crippen molar-refractivity contribution in [3.63, 3.8) is 0 Å². The van der Waals surface area contributed by atoms with Crippen LogP contribution in [0.4, 0.5) is 0 Å². The molecule has 0 radical (unpaired) electrons. The van der Waals surface area contributed by atoms with Crippen molar-refractivity contribution in [2.45, 2.75) is 30.9 Å². The number of ether oxygens (including phenoxy) is 2. The minimum atomic E-state index is -3.92. The van der Waals surface area contributed by atoms with Gasteiger partial charge >= 0.3 is 0 Å². The van der Waals surface area contributed by atoms with E-state index in [1.807, 2.05) is 42.7 Å². The number of methoxy groups -OCH3 is 1. The van der Waals surface area contributed by atoms with E-state index in [-0.39, 0.29) is 29.3 Å². The van der Waals surface area contributed by atoms with Gasteiger partial charge in [-0.15, -0.1) is 0 Å². The molecule has 0 unspecified atom stereocenters. The summed E-state index contributed by atoms with van der Waals surface area (Å²) in [7, 11) is -2.43. The fraction of sp³-hybridized carbons (Fsp3) is 0.300. The number of benzene rings is 2. The second-order valence-electron chi connectivity index (χ2n) is 6.54. The predicted molar refractivity (Wildman–Crippen MR) is 109 cm³/mol. The number of hydrogen-bond acceptors (Lipinski definition) is 6. The van der Waals surface area contributed by atoms with Crippen LogP contribution in [0.5, 0.6) is 11.5 Å². The Balaban J connectivity index is 1.92. The molecule has 1 N–H and O–H groups in total. The third-order valence-corrected chi connectivity index (χ3v) is 6.17. The fourth-order valence-corrected chi connectivity index (χ4v) is 4.04. The van der Waals surface area contributed by atoms with Gasteiger partial charge in [0.05, 0.1) is 37.1 Å². The number of fused-ring (bicyclic) bond motifs is 1. The second-order valence-corrected chi connectivity index (χ2v) is 8.27. The highest BCUT2D eigenvalue weighted by Gasteiger charge is 2.24. The highest BCUT2D eigenvalue weighted by atomic mass is 32.2. The van der Waals surface area contributed by atoms with E-state index in [0.29, 0.717) is 12.0 Å². The molecule has 0 saturated heterocycles. The Kier molecular flexibility index (Phi) is 6.19. The maximum Gasteiger partial charge on any atom is 0.244 e. The van der Waals surface area contributed by atoms with Crippen molar-refractivity contribution in [3.05, 3.63) is 48.8 Å². The summed E-state index contributed by atoms with van der Waals surface area (Å²) in [6.45, 7) is 3.51. The van der Waals surface area contributed by atoms with Gasteiger partial charge in [0.15, 0.2) is 0 Å². The molecular weight excluding hydrogens is 394 g/mol. The third kappa shape index (κ3) is 4.41. The van der Waals surface area contributed by atoms with Gasteiger partial charge < -0.3 is 18.8 Å². The van der Waals surface area contributed by atoms with Crippen LogP contribution in [0.2, 0.25) is 0 Å². The average molecular weight is 417 g/mol. The van der Waals surface area contributed by atoms with Crippen LogP contribution in [0.15, 0.2) is 53.7 Å². The molecule has 1 heterocycles. The lowest BCUT2D eigenvalue weighted by Gasteiger charge is -2.24. The van der Waals surface area contributed by atoms with Gasteiger partial charge in [-0.2, -0.15) is 0 Å². The van der Waals surface area contributed by atoms with Crippen molar-refractivity contribution in [1.82, 2.24) is 14.3 Å². The van der Waals surface area contributed by atoms with Crippen molar-refractivity contribution >= 4 is 27.3 Å². The minimum absolute atomic E-state index is 0.0605. The zero-order chi connectivity index (χ0) is 21.0. The molecule has 2 aromatic carbocycles. The van der Waals surface area contributed by atoms with E-state index in [1.165, 1.54) is 25.3 Å². The zero-order valence-electron chi connectivity index (χ0n) is 16.4. The summed E-state index contributed by atoms with van der Waals surface area (Å²) >= 11 is 0. The van der Waals surface area contributed by atoms with E-state index < -0.39 is 10.0 Å². The summed E-state index contributed by atoms with van der Waals surface area (Å²) in [6.07, 6.45) is 1.83. The van der Waals surface area contributed by atoms with Crippen molar-refractivity contribution in [2.24, 2.45) is 0 Å². The summed E-state index contributed by atoms with van der Waals surface area (Å²) in [6, 6.07) is 12.1. The van der Waals surface area contributed by atoms with Gasteiger partial charge in [-0.05, 0) is 38.1 Å². The molecule has 0 saturated carbocycles. The number of carbonyl (C=O) groups excluding carboxylic acids is 1. The van der Waals surface area contributed by atoms with Crippen molar-refractivity contribution in [2.75, 3.05) is 13.7 Å². The lowest BCUT2D eigenvalue weighted by atomic mass is 10.2. The maximum absolute atomic E-state index is 12.6. The van der Waals surface area contributed by atoms with Gasteiger partial charge in [0.1, 0.15) is 28.8 Å². The Bertz CT molecular complexity index is 1110. The average Bonchev–Trinajstić information content (AvgIpc) is 3.15. The Morgan fingerprint density at radius 2 is 1.97 bits per heavy atom. The number of sulfonamides is 1. The lowest BCUT2D eigenvalue weighted by molar-refractivity contribution is -0.106. The van der Waals surface area contributed by atoms with Crippen LogP contribution in [0, 0.1) is 0 Å². The highest BCUT2D eigenvalue weighted by Crippen LogP contribution is 2.31. The molecule has 29 heavy (non-hydrogen) atoms. The summed E-state index contributed by atoms with van der Waals surface area (Å²) in [4.78, 5) is 14.9. The molecule has 0 aliphatic carbocycles. The van der Waals surface area contributed by atoms with Crippen LogP contribution in [0.1, 0.15) is 19.9 Å². The summed E-state index contributed by atoms with van der Waals surface area (Å²) in [5.74, 6) is 0.605. The van der Waals surface area contributed by atoms with Gasteiger partial charge in [-0.3, -0.25) is 0 Å². The fourth-order valence-electron chi connectivity index (χ4n) is 2.98. The molecule has 0 aliphatic heterocycles. The number of carbonyl (C=O) groups is 1. The van der Waals surface area contributed by atoms with Gasteiger partial charge in [0, 0.05) is 6.07 Å². The molecule has 2 atom stereocenters. The molecule has 8 nitrogen and oxygen atoms in total. The van der Waals surface area contributed by atoms with Crippen molar-refractivity contribution in [1.29, 1.82) is 0 Å². The van der Waals surface area contributed by atoms with E-state index in [2.05, 4.69) is 9.71 Å². The maximum atomic E-state index is 12.6. The predicted octanol–water partition coefficient (Wildman–Crippen LogP) is 2.55. The molecule has 0 aliphatic rings. The van der Waals surface area contributed by atoms with Gasteiger partial charge in [0.25, 0.3) is 0 Å². The van der Waals surface area contributed by atoms with E-state index in [4.69, 9.17) is 9.47 Å². The smallest absolute Gasteiger partial charge is 0.244 e. The normalized spacial score (nSPS) is 13.8. The van der Waals surface area contributed by atoms with E-state index in [0.717, 1.165) is 11.0 Å². The monoisotopic (exact) mass is 417 g/mol. The van der Waals surface area contributed by atoms with Crippen molar-refractivity contribution < 1.29 is 22.7 Å². The van der Waals surface area contributed by atoms with Crippen LogP contribution in [0.25, 0.3) is 11.0 Å². The van der Waals surface area contributed by atoms with Crippen LogP contribution < -0.4 is 14.2 Å². The number of hydrogen-bond donors (Lipinski definition) is 1. The second kappa shape index (κ2) is 8.62. The minimum Gasteiger partial charge on any atom is -0.497 e. The van der Waals surface area contributed by atoms with Crippen LogP contribution in [0.3, 0.4) is 0 Å². The van der Waals surface area contributed by atoms with Crippen LogP contribution >= 0.6 is 0 Å². The molecule has 0 fully saturated rings. The zero-order valence-corrected chi connectivity index (χ0v) is 17.2. The lowest BCUT2D eigenvalue weighted by Crippen LogP contribution is -2.28. The first kappa shape index (κ1) is 20.8. The molecule has 1 aromatic heterocycles. The number of aromatic nitrogens is 2. The summed E-state index contributed by atoms with van der Waals surface area (Å²) in [5.41, 5.74) is 1.83. The SMILES string of the molecule is COc1ccc(S(=O)(=O)NCC=O)c(O[C@H](C)[C@H](C)n2cnc3ccccc32)c1. The number of aldehydes is 1. The molecule has 3 rings (SSSR count). The molecule has 3 aromatic rings. The molecule has 0 bridgehead atoms. The van der Waals surface area contributed by atoms with Gasteiger partial charge in [0.2, 0.25) is 10.0 Å². The highest BCUT2D eigenvalue weighted by molar-refractivity contribution is 7.89. The topological polar surface area (TPSA) is 99.5 Å². The molecule has 0 spiro atoms. The largest absolute Gasteiger partial charge is 0.497 e. The Morgan fingerprint density at radius 3 is 2.69 bits per heavy atom. The molecule has 0 amide bonds. The third-order valence-electron chi connectivity index (χ3n) is 4.71. The van der Waals surface area contributed by atoms with Crippen molar-refractivity contribution in [3.8, 4) is 11.5 Å².